The molecule has 0 aromatic heterocycles. The fourth-order valence-electron chi connectivity index (χ4n) is 2.87. The van der Waals surface area contributed by atoms with E-state index in [1.54, 1.807) is 11.1 Å². The van der Waals surface area contributed by atoms with Gasteiger partial charge < -0.3 is 48.0 Å². The third-order valence-electron chi connectivity index (χ3n) is 3.96. The maximum Gasteiger partial charge on any atom is -1.00 e. The van der Waals surface area contributed by atoms with Gasteiger partial charge in [0.05, 0.1) is 0 Å². The monoisotopic (exact) mass is 670 g/mol. The van der Waals surface area contributed by atoms with Gasteiger partial charge in [-0.15, -0.1) is 0 Å². The van der Waals surface area contributed by atoms with Crippen molar-refractivity contribution >= 4 is 6.08 Å². The average molecular weight is 669 g/mol. The summed E-state index contributed by atoms with van der Waals surface area (Å²) < 4.78 is 2.66. The fraction of sp³-hybridized carbons (Fsp3) is 0.333. The molecular formula is C18H20HfI2. The molecule has 0 saturated carbocycles. The van der Waals surface area contributed by atoms with Crippen LogP contribution in [-0.2, 0) is 22.9 Å². The summed E-state index contributed by atoms with van der Waals surface area (Å²) in [5.41, 5.74) is 4.75. The molecule has 0 fully saturated rings. The van der Waals surface area contributed by atoms with E-state index < -0.39 is 22.9 Å². The first-order chi connectivity index (χ1) is 9.38. The predicted octanol–water partition coefficient (Wildman–Crippen LogP) is -0.751. The predicted molar refractivity (Wildman–Crippen MR) is 78.5 cm³/mol. The molecule has 0 saturated heterocycles. The van der Waals surface area contributed by atoms with Crippen molar-refractivity contribution in [3.8, 4) is 0 Å². The van der Waals surface area contributed by atoms with Crippen molar-refractivity contribution < 1.29 is 70.9 Å². The van der Waals surface area contributed by atoms with E-state index in [1.165, 1.54) is 31.2 Å². The Hall–Kier alpha value is 0.770. The van der Waals surface area contributed by atoms with Gasteiger partial charge in [0, 0.05) is 0 Å². The van der Waals surface area contributed by atoms with Gasteiger partial charge in [-0.1, -0.05) is 0 Å². The Bertz CT molecular complexity index is 558. The third kappa shape index (κ3) is 4.87. The second-order valence-corrected chi connectivity index (χ2v) is 10.8. The molecule has 1 unspecified atom stereocenters. The Morgan fingerprint density at radius 3 is 2.76 bits per heavy atom. The molecule has 0 N–H and O–H groups in total. The summed E-state index contributed by atoms with van der Waals surface area (Å²) in [4.78, 5) is 0. The number of unbranched alkanes of at least 4 members (excludes halogenated alkanes) is 1. The quantitative estimate of drug-likeness (QED) is 0.287. The first kappa shape index (κ1) is 19.8. The summed E-state index contributed by atoms with van der Waals surface area (Å²) in [6, 6.07) is 8.94. The van der Waals surface area contributed by atoms with Crippen LogP contribution in [-0.4, -0.2) is 0 Å². The molecule has 21 heavy (non-hydrogen) atoms. The van der Waals surface area contributed by atoms with E-state index in [4.69, 9.17) is 0 Å². The number of fused-ring (bicyclic) bond motifs is 1. The van der Waals surface area contributed by atoms with Crippen LogP contribution in [0.1, 0.15) is 47.4 Å². The van der Waals surface area contributed by atoms with Gasteiger partial charge in [-0.3, -0.25) is 0 Å². The molecule has 1 aromatic rings. The molecule has 0 heterocycles. The molecule has 0 nitrogen and oxygen atoms in total. The summed E-state index contributed by atoms with van der Waals surface area (Å²) in [6.45, 7) is 2.29. The van der Waals surface area contributed by atoms with Crippen LogP contribution >= 0.6 is 0 Å². The molecule has 2 aliphatic rings. The largest absolute Gasteiger partial charge is 1.00 e. The van der Waals surface area contributed by atoms with Gasteiger partial charge in [0.2, 0.25) is 0 Å². The van der Waals surface area contributed by atoms with Gasteiger partial charge in [-0.2, -0.15) is 0 Å². The van der Waals surface area contributed by atoms with E-state index >= 15 is 0 Å². The Morgan fingerprint density at radius 1 is 1.14 bits per heavy atom. The molecular weight excluding hydrogens is 648 g/mol. The van der Waals surface area contributed by atoms with Crippen LogP contribution in [0.3, 0.4) is 0 Å². The van der Waals surface area contributed by atoms with E-state index in [0.717, 1.165) is 3.67 Å². The van der Waals surface area contributed by atoms with Crippen molar-refractivity contribution in [3.63, 3.8) is 0 Å². The molecule has 2 aliphatic carbocycles. The van der Waals surface area contributed by atoms with Crippen molar-refractivity contribution in [1.82, 2.24) is 0 Å². The number of halogens is 2. The number of hydrogen-bond donors (Lipinski definition) is 0. The normalized spacial score (nSPS) is 18.0. The SMILES string of the molecule is CCCCC1=[C]([Hf+2][CH]2C=Cc3ccccc32)CC=C1.[I-].[I-]. The molecule has 0 aliphatic heterocycles. The Kier molecular flexibility index (Phi) is 9.25. The second-order valence-electron chi connectivity index (χ2n) is 5.32. The van der Waals surface area contributed by atoms with Crippen LogP contribution in [0, 0.1) is 0 Å². The van der Waals surface area contributed by atoms with E-state index in [-0.39, 0.29) is 48.0 Å². The molecule has 0 amide bonds. The molecule has 0 spiro atoms. The van der Waals surface area contributed by atoms with Crippen LogP contribution in [0.4, 0.5) is 0 Å². The molecule has 1 atom stereocenters. The zero-order valence-corrected chi connectivity index (χ0v) is 20.2. The smallest absolute Gasteiger partial charge is 1.00 e. The Balaban J connectivity index is 0.00000110. The van der Waals surface area contributed by atoms with Gasteiger partial charge in [0.15, 0.2) is 0 Å². The second kappa shape index (κ2) is 9.81. The van der Waals surface area contributed by atoms with Gasteiger partial charge >= 0.3 is 128 Å². The van der Waals surface area contributed by atoms with Crippen molar-refractivity contribution in [2.45, 2.75) is 36.3 Å². The Labute approximate surface area is 174 Å². The molecule has 1 aromatic carbocycles. The van der Waals surface area contributed by atoms with Crippen molar-refractivity contribution in [2.24, 2.45) is 0 Å². The van der Waals surface area contributed by atoms with Crippen molar-refractivity contribution in [2.75, 3.05) is 0 Å². The minimum Gasteiger partial charge on any atom is -1.00 e. The van der Waals surface area contributed by atoms with Crippen LogP contribution in [0.5, 0.6) is 0 Å². The maximum absolute atomic E-state index is 2.47. The van der Waals surface area contributed by atoms with Gasteiger partial charge in [0.1, 0.15) is 0 Å². The number of hydrogen-bond acceptors (Lipinski definition) is 0. The van der Waals surface area contributed by atoms with Crippen molar-refractivity contribution in [1.29, 1.82) is 0 Å². The van der Waals surface area contributed by atoms with E-state index in [2.05, 4.69) is 55.5 Å². The molecule has 110 valence electrons. The fourth-order valence-corrected chi connectivity index (χ4v) is 8.67. The van der Waals surface area contributed by atoms with Crippen LogP contribution in [0.15, 0.2) is 51.4 Å². The van der Waals surface area contributed by atoms with Crippen LogP contribution in [0.2, 0.25) is 0 Å². The standard InChI is InChI=1S/C9H7.C9H13.Hf.2HI/c1-2-5-9-7-3-6-8(9)4-1;1-2-3-6-9-7-4-5-8-9;;;/h1-7H;4,7H,2-3,5-6H2,1H3;;2*1H/q;;+2;;/p-2. The number of rotatable bonds is 5. The van der Waals surface area contributed by atoms with Gasteiger partial charge in [0.25, 0.3) is 0 Å². The van der Waals surface area contributed by atoms with E-state index in [1.807, 2.05) is 3.33 Å². The van der Waals surface area contributed by atoms with Gasteiger partial charge in [-0.05, 0) is 0 Å². The first-order valence-electron chi connectivity index (χ1n) is 7.30. The Morgan fingerprint density at radius 2 is 1.95 bits per heavy atom. The van der Waals surface area contributed by atoms with Crippen LogP contribution in [0.25, 0.3) is 6.08 Å². The van der Waals surface area contributed by atoms with Crippen LogP contribution < -0.4 is 48.0 Å². The average Bonchev–Trinajstić information content (AvgIpc) is 3.05. The van der Waals surface area contributed by atoms with Gasteiger partial charge in [-0.25, -0.2) is 0 Å². The molecule has 3 rings (SSSR count). The summed E-state index contributed by atoms with van der Waals surface area (Å²) in [5, 5.41) is 0. The summed E-state index contributed by atoms with van der Waals surface area (Å²) in [5.74, 6) is 0. The minimum absolute atomic E-state index is 0. The molecule has 0 bridgehead atoms. The summed E-state index contributed by atoms with van der Waals surface area (Å²) in [6.07, 6.45) is 14.8. The molecule has 0 radical (unpaired) electrons. The summed E-state index contributed by atoms with van der Waals surface area (Å²) >= 11 is -0.749. The number of benzene rings is 1. The molecule has 3 heteroatoms. The maximum atomic E-state index is 2.47. The third-order valence-corrected chi connectivity index (χ3v) is 10.0. The van der Waals surface area contributed by atoms with Crippen molar-refractivity contribution in [3.05, 3.63) is 62.5 Å². The van der Waals surface area contributed by atoms with E-state index in [9.17, 15) is 0 Å². The van der Waals surface area contributed by atoms with E-state index in [0.29, 0.717) is 0 Å². The zero-order chi connectivity index (χ0) is 13.1. The minimum atomic E-state index is -0.749. The summed E-state index contributed by atoms with van der Waals surface area (Å²) in [7, 11) is 0. The zero-order valence-electron chi connectivity index (χ0n) is 12.3. The number of allylic oxidation sites excluding steroid dienone is 5. The first-order valence-corrected chi connectivity index (χ1v) is 11.2. The topological polar surface area (TPSA) is 0 Å².